The molecule has 1 aromatic heterocycles. The van der Waals surface area contributed by atoms with Crippen molar-refractivity contribution in [3.63, 3.8) is 0 Å². The third-order valence-corrected chi connectivity index (χ3v) is 6.01. The standard InChI is InChI=1S/C21H26O15/c22-4-9-13(26)15(28)17(30)20(34-9)32-5-10-14(27)16(29)18(31)21(35-10)33-8-3-7(23)12(25)19-6(8)1-2-11(24)36-19/h1-3,9-10,13-18,20-23,25-31H,4-5H2/t9-,10-,13-,14-,15+,16+,17-,18-,20-,21-/m1/s1. The van der Waals surface area contributed by atoms with Crippen LogP contribution in [0.4, 0.5) is 0 Å². The van der Waals surface area contributed by atoms with E-state index in [4.69, 9.17) is 23.4 Å². The molecule has 0 aliphatic carbocycles. The topological polar surface area (TPSA) is 249 Å². The Morgan fingerprint density at radius 1 is 0.806 bits per heavy atom. The third-order valence-electron chi connectivity index (χ3n) is 6.01. The molecule has 0 amide bonds. The van der Waals surface area contributed by atoms with E-state index in [1.807, 2.05) is 0 Å². The Labute approximate surface area is 201 Å². The quantitative estimate of drug-likeness (QED) is 0.131. The molecule has 2 aliphatic heterocycles. The van der Waals surface area contributed by atoms with Crippen molar-refractivity contribution in [1.82, 2.24) is 0 Å². The number of hydrogen-bond donors (Lipinski definition) is 9. The van der Waals surface area contributed by atoms with Crippen LogP contribution in [0.1, 0.15) is 0 Å². The molecule has 2 fully saturated rings. The summed E-state index contributed by atoms with van der Waals surface area (Å²) in [5.74, 6) is -1.67. The number of rotatable bonds is 6. The average molecular weight is 518 g/mol. The van der Waals surface area contributed by atoms with E-state index >= 15 is 0 Å². The Balaban J connectivity index is 1.52. The second-order valence-corrected chi connectivity index (χ2v) is 8.40. The fourth-order valence-corrected chi connectivity index (χ4v) is 3.94. The van der Waals surface area contributed by atoms with Gasteiger partial charge in [-0.25, -0.2) is 4.79 Å². The zero-order valence-electron chi connectivity index (χ0n) is 18.4. The highest BCUT2D eigenvalue weighted by molar-refractivity contribution is 5.90. The predicted molar refractivity (Wildman–Crippen MR) is 113 cm³/mol. The number of aliphatic hydroxyl groups excluding tert-OH is 7. The van der Waals surface area contributed by atoms with Gasteiger partial charge in [0.15, 0.2) is 17.6 Å². The van der Waals surface area contributed by atoms with Crippen LogP contribution < -0.4 is 10.4 Å². The SMILES string of the molecule is O=c1ccc2c(O[C@@H]3O[C@H](CO[C@@H]4O[C@H](CO)[C@@H](O)[C@H](O)[C@H]4O)[C@@H](O)[C@H](O)[C@H]3O)cc(O)c(O)c2o1. The summed E-state index contributed by atoms with van der Waals surface area (Å²) in [4.78, 5) is 11.5. The summed E-state index contributed by atoms with van der Waals surface area (Å²) in [5.41, 5.74) is -1.24. The summed E-state index contributed by atoms with van der Waals surface area (Å²) < 4.78 is 26.5. The van der Waals surface area contributed by atoms with E-state index in [0.29, 0.717) is 0 Å². The van der Waals surface area contributed by atoms with Gasteiger partial charge in [-0.05, 0) is 6.07 Å². The first-order valence-electron chi connectivity index (χ1n) is 10.8. The molecule has 36 heavy (non-hydrogen) atoms. The molecular formula is C21H26O15. The average Bonchev–Trinajstić information content (AvgIpc) is 2.86. The molecular weight excluding hydrogens is 492 g/mol. The van der Waals surface area contributed by atoms with E-state index in [-0.39, 0.29) is 11.1 Å². The van der Waals surface area contributed by atoms with Crippen LogP contribution in [0.5, 0.6) is 17.2 Å². The van der Waals surface area contributed by atoms with E-state index in [2.05, 4.69) is 0 Å². The van der Waals surface area contributed by atoms with E-state index in [9.17, 15) is 50.8 Å². The molecule has 2 aromatic rings. The first-order valence-corrected chi connectivity index (χ1v) is 10.8. The number of phenols is 2. The van der Waals surface area contributed by atoms with Gasteiger partial charge in [0.05, 0.1) is 18.6 Å². The number of aromatic hydroxyl groups is 2. The van der Waals surface area contributed by atoms with E-state index in [1.165, 1.54) is 6.07 Å². The van der Waals surface area contributed by atoms with Crippen LogP contribution >= 0.6 is 0 Å². The second kappa shape index (κ2) is 10.4. The van der Waals surface area contributed by atoms with E-state index in [1.54, 1.807) is 0 Å². The molecule has 4 rings (SSSR count). The maximum atomic E-state index is 11.5. The number of aliphatic hydroxyl groups is 7. The normalized spacial score (nSPS) is 37.2. The summed E-state index contributed by atoms with van der Waals surface area (Å²) >= 11 is 0. The van der Waals surface area contributed by atoms with Crippen molar-refractivity contribution >= 4 is 11.0 Å². The van der Waals surface area contributed by atoms with E-state index < -0.39 is 97.3 Å². The zero-order chi connectivity index (χ0) is 26.3. The maximum Gasteiger partial charge on any atom is 0.336 e. The van der Waals surface area contributed by atoms with Gasteiger partial charge in [0, 0.05) is 12.1 Å². The van der Waals surface area contributed by atoms with Crippen molar-refractivity contribution in [1.29, 1.82) is 0 Å². The number of fused-ring (bicyclic) bond motifs is 1. The molecule has 3 heterocycles. The summed E-state index contributed by atoms with van der Waals surface area (Å²) in [7, 11) is 0. The number of hydrogen-bond acceptors (Lipinski definition) is 15. The molecule has 0 saturated carbocycles. The van der Waals surface area contributed by atoms with Gasteiger partial charge in [0.25, 0.3) is 0 Å². The van der Waals surface area contributed by atoms with Gasteiger partial charge in [0.2, 0.25) is 12.0 Å². The Morgan fingerprint density at radius 2 is 1.42 bits per heavy atom. The first-order chi connectivity index (χ1) is 17.0. The Hall–Kier alpha value is -2.57. The molecule has 2 saturated heterocycles. The molecule has 0 bridgehead atoms. The van der Waals surface area contributed by atoms with Gasteiger partial charge in [-0.2, -0.15) is 0 Å². The zero-order valence-corrected chi connectivity index (χ0v) is 18.4. The van der Waals surface area contributed by atoms with Crippen molar-refractivity contribution in [3.8, 4) is 17.2 Å². The van der Waals surface area contributed by atoms with Gasteiger partial charge in [-0.3, -0.25) is 0 Å². The van der Waals surface area contributed by atoms with Crippen LogP contribution in [-0.4, -0.2) is 121 Å². The van der Waals surface area contributed by atoms with E-state index in [0.717, 1.165) is 12.1 Å². The molecule has 1 aromatic carbocycles. The largest absolute Gasteiger partial charge is 0.504 e. The second-order valence-electron chi connectivity index (χ2n) is 8.40. The first kappa shape index (κ1) is 26.5. The molecule has 200 valence electrons. The smallest absolute Gasteiger partial charge is 0.336 e. The van der Waals surface area contributed by atoms with Gasteiger partial charge < -0.3 is 69.3 Å². The lowest BCUT2D eigenvalue weighted by Crippen LogP contribution is -2.62. The summed E-state index contributed by atoms with van der Waals surface area (Å²) in [5, 5.41) is 90.1. The highest BCUT2D eigenvalue weighted by Crippen LogP contribution is 2.40. The highest BCUT2D eigenvalue weighted by Gasteiger charge is 2.48. The minimum absolute atomic E-state index is 0.00966. The van der Waals surface area contributed by atoms with Crippen molar-refractivity contribution in [2.75, 3.05) is 13.2 Å². The lowest BCUT2D eigenvalue weighted by Gasteiger charge is -2.42. The summed E-state index contributed by atoms with van der Waals surface area (Å²) in [6.07, 6.45) is -16.3. The molecule has 15 heteroatoms. The molecule has 9 N–H and O–H groups in total. The van der Waals surface area contributed by atoms with Crippen molar-refractivity contribution in [3.05, 3.63) is 28.6 Å². The fraction of sp³-hybridized carbons (Fsp3) is 0.571. The monoisotopic (exact) mass is 518 g/mol. The van der Waals surface area contributed by atoms with Crippen LogP contribution in [0.2, 0.25) is 0 Å². The van der Waals surface area contributed by atoms with Gasteiger partial charge in [-0.1, -0.05) is 0 Å². The molecule has 0 unspecified atom stereocenters. The highest BCUT2D eigenvalue weighted by atomic mass is 16.7. The lowest BCUT2D eigenvalue weighted by atomic mass is 9.98. The van der Waals surface area contributed by atoms with Crippen LogP contribution in [0.15, 0.2) is 27.4 Å². The number of phenolic OH excluding ortho intramolecular Hbond substituents is 2. The van der Waals surface area contributed by atoms with Crippen LogP contribution in [-0.2, 0) is 14.2 Å². The molecule has 2 aliphatic rings. The Kier molecular flexibility index (Phi) is 7.67. The summed E-state index contributed by atoms with van der Waals surface area (Å²) in [6, 6.07) is 3.18. The number of benzene rings is 1. The van der Waals surface area contributed by atoms with Crippen molar-refractivity contribution in [2.45, 2.75) is 61.4 Å². The number of ether oxygens (including phenoxy) is 4. The molecule has 10 atom stereocenters. The van der Waals surface area contributed by atoms with Gasteiger partial charge in [-0.15, -0.1) is 0 Å². The Morgan fingerprint density at radius 3 is 2.08 bits per heavy atom. The molecule has 15 nitrogen and oxygen atoms in total. The van der Waals surface area contributed by atoms with Crippen molar-refractivity contribution in [2.24, 2.45) is 0 Å². The van der Waals surface area contributed by atoms with Gasteiger partial charge >= 0.3 is 5.63 Å². The summed E-state index contributed by atoms with van der Waals surface area (Å²) in [6.45, 7) is -1.27. The lowest BCUT2D eigenvalue weighted by molar-refractivity contribution is -0.323. The minimum Gasteiger partial charge on any atom is -0.504 e. The maximum absolute atomic E-state index is 11.5. The van der Waals surface area contributed by atoms with Crippen LogP contribution in [0.3, 0.4) is 0 Å². The predicted octanol–water partition coefficient (Wildman–Crippen LogP) is -3.79. The molecule has 0 radical (unpaired) electrons. The van der Waals surface area contributed by atoms with Crippen LogP contribution in [0.25, 0.3) is 11.0 Å². The third kappa shape index (κ3) is 4.85. The van der Waals surface area contributed by atoms with Crippen LogP contribution in [0, 0.1) is 0 Å². The fourth-order valence-electron chi connectivity index (χ4n) is 3.94. The van der Waals surface area contributed by atoms with Gasteiger partial charge in [0.1, 0.15) is 54.6 Å². The molecule has 0 spiro atoms. The van der Waals surface area contributed by atoms with Crippen molar-refractivity contribution < 1.29 is 69.3 Å². The minimum atomic E-state index is -1.82. The Bertz CT molecular complexity index is 1120.